The van der Waals surface area contributed by atoms with E-state index in [-0.39, 0.29) is 0 Å². The summed E-state index contributed by atoms with van der Waals surface area (Å²) >= 11 is 0. The first-order chi connectivity index (χ1) is 6.66. The van der Waals surface area contributed by atoms with Gasteiger partial charge in [0.2, 0.25) is 0 Å². The van der Waals surface area contributed by atoms with Gasteiger partial charge in [-0.3, -0.25) is 0 Å². The molecule has 14 heavy (non-hydrogen) atoms. The molecule has 1 nitrogen and oxygen atoms in total. The third-order valence-electron chi connectivity index (χ3n) is 3.97. The Morgan fingerprint density at radius 2 is 2.21 bits per heavy atom. The van der Waals surface area contributed by atoms with Gasteiger partial charge in [-0.2, -0.15) is 0 Å². The van der Waals surface area contributed by atoms with E-state index in [4.69, 9.17) is 0 Å². The minimum absolute atomic E-state index is 0.495. The molecule has 1 aliphatic carbocycles. The molecule has 0 saturated carbocycles. The van der Waals surface area contributed by atoms with Crippen molar-refractivity contribution in [1.29, 1.82) is 0 Å². The van der Waals surface area contributed by atoms with Gasteiger partial charge < -0.3 is 4.90 Å². The van der Waals surface area contributed by atoms with Crippen molar-refractivity contribution in [3.63, 3.8) is 0 Å². The topological polar surface area (TPSA) is 3.24 Å². The van der Waals surface area contributed by atoms with Crippen LogP contribution in [0.3, 0.4) is 0 Å². The summed E-state index contributed by atoms with van der Waals surface area (Å²) in [5.74, 6) is 0. The molecule has 1 saturated heterocycles. The Morgan fingerprint density at radius 1 is 1.43 bits per heavy atom. The number of hydrogen-bond donors (Lipinski definition) is 0. The highest BCUT2D eigenvalue weighted by atomic mass is 15.1. The Bertz CT molecular complexity index is 288. The van der Waals surface area contributed by atoms with Crippen molar-refractivity contribution >= 4 is 0 Å². The van der Waals surface area contributed by atoms with Crippen LogP contribution in [0.15, 0.2) is 23.3 Å². The van der Waals surface area contributed by atoms with Crippen molar-refractivity contribution in [3.05, 3.63) is 23.3 Å². The van der Waals surface area contributed by atoms with E-state index in [1.54, 1.807) is 11.1 Å². The van der Waals surface area contributed by atoms with E-state index in [1.165, 1.54) is 32.4 Å². The van der Waals surface area contributed by atoms with Crippen LogP contribution in [-0.4, -0.2) is 25.0 Å². The zero-order valence-corrected chi connectivity index (χ0v) is 9.64. The maximum Gasteiger partial charge on any atom is 0.00887 e. The van der Waals surface area contributed by atoms with Gasteiger partial charge in [-0.25, -0.2) is 0 Å². The summed E-state index contributed by atoms with van der Waals surface area (Å²) in [6, 6.07) is 0. The summed E-state index contributed by atoms with van der Waals surface area (Å²) in [6.45, 7) is 7.10. The molecule has 2 aliphatic rings. The Balaban J connectivity index is 2.22. The second kappa shape index (κ2) is 3.54. The summed E-state index contributed by atoms with van der Waals surface area (Å²) in [4.78, 5) is 2.47. The summed E-state index contributed by atoms with van der Waals surface area (Å²) in [5.41, 5.74) is 3.72. The van der Waals surface area contributed by atoms with Crippen LogP contribution in [0.2, 0.25) is 0 Å². The first kappa shape index (κ1) is 9.97. The Morgan fingerprint density at radius 3 is 2.79 bits per heavy atom. The molecule has 0 aromatic heterocycles. The lowest BCUT2D eigenvalue weighted by atomic mass is 9.72. The smallest absolute Gasteiger partial charge is 0.00887 e. The van der Waals surface area contributed by atoms with Crippen LogP contribution in [-0.2, 0) is 0 Å². The molecule has 1 spiro atoms. The molecule has 2 rings (SSSR count). The quantitative estimate of drug-likeness (QED) is 0.616. The van der Waals surface area contributed by atoms with Crippen molar-refractivity contribution in [2.75, 3.05) is 20.1 Å². The van der Waals surface area contributed by atoms with Crippen LogP contribution in [0.25, 0.3) is 0 Å². The van der Waals surface area contributed by atoms with Gasteiger partial charge in [0.1, 0.15) is 0 Å². The molecule has 0 unspecified atom stereocenters. The molecule has 0 amide bonds. The fourth-order valence-corrected chi connectivity index (χ4v) is 2.84. The third kappa shape index (κ3) is 1.54. The summed E-state index contributed by atoms with van der Waals surface area (Å²) in [5, 5.41) is 0. The molecule has 1 fully saturated rings. The highest BCUT2D eigenvalue weighted by Crippen LogP contribution is 2.45. The van der Waals surface area contributed by atoms with Crippen LogP contribution >= 0.6 is 0 Å². The molecule has 0 aromatic rings. The van der Waals surface area contributed by atoms with Gasteiger partial charge in [0.05, 0.1) is 0 Å². The van der Waals surface area contributed by atoms with Crippen molar-refractivity contribution in [2.24, 2.45) is 5.41 Å². The van der Waals surface area contributed by atoms with Crippen LogP contribution in [0, 0.1) is 5.41 Å². The minimum atomic E-state index is 0.495. The molecule has 0 radical (unpaired) electrons. The molecule has 78 valence electrons. The lowest BCUT2D eigenvalue weighted by Crippen LogP contribution is -2.28. The molecule has 0 N–H and O–H groups in total. The van der Waals surface area contributed by atoms with Crippen LogP contribution in [0.4, 0.5) is 0 Å². The SMILES string of the molecule is CCC1=CC=C(C)[C@@]2(CCN(C)C2)C1. The van der Waals surface area contributed by atoms with E-state index < -0.39 is 0 Å². The van der Waals surface area contributed by atoms with Crippen molar-refractivity contribution < 1.29 is 0 Å². The predicted molar refractivity (Wildman–Crippen MR) is 61.3 cm³/mol. The van der Waals surface area contributed by atoms with Gasteiger partial charge in [-0.15, -0.1) is 0 Å². The fourth-order valence-electron chi connectivity index (χ4n) is 2.84. The van der Waals surface area contributed by atoms with E-state index in [0.717, 1.165) is 0 Å². The highest BCUT2D eigenvalue weighted by molar-refractivity contribution is 5.31. The van der Waals surface area contributed by atoms with E-state index in [1.807, 2.05) is 0 Å². The van der Waals surface area contributed by atoms with Crippen LogP contribution < -0.4 is 0 Å². The maximum absolute atomic E-state index is 2.47. The first-order valence-electron chi connectivity index (χ1n) is 5.72. The number of likely N-dealkylation sites (tertiary alicyclic amines) is 1. The molecule has 1 heterocycles. The largest absolute Gasteiger partial charge is 0.305 e. The number of nitrogens with zero attached hydrogens (tertiary/aromatic N) is 1. The molecule has 1 heteroatoms. The van der Waals surface area contributed by atoms with Crippen molar-refractivity contribution in [3.8, 4) is 0 Å². The second-order valence-electron chi connectivity index (χ2n) is 4.97. The van der Waals surface area contributed by atoms with Crippen molar-refractivity contribution in [2.45, 2.75) is 33.1 Å². The van der Waals surface area contributed by atoms with Gasteiger partial charge in [-0.1, -0.05) is 30.2 Å². The van der Waals surface area contributed by atoms with Crippen molar-refractivity contribution in [1.82, 2.24) is 4.90 Å². The molecule has 0 aromatic carbocycles. The Hall–Kier alpha value is -0.560. The molecule has 0 bridgehead atoms. The first-order valence-corrected chi connectivity index (χ1v) is 5.72. The summed E-state index contributed by atoms with van der Waals surface area (Å²) in [6.07, 6.45) is 8.55. The fraction of sp³-hybridized carbons (Fsp3) is 0.692. The molecule has 1 atom stereocenters. The average Bonchev–Trinajstić information content (AvgIpc) is 2.54. The number of hydrogen-bond acceptors (Lipinski definition) is 1. The Labute approximate surface area is 87.5 Å². The standard InChI is InChI=1S/C13H21N/c1-4-12-6-5-11(2)13(9-12)7-8-14(3)10-13/h5-6H,4,7-10H2,1-3H3/t13-/m0/s1. The van der Waals surface area contributed by atoms with E-state index in [2.05, 4.69) is 37.9 Å². The van der Waals surface area contributed by atoms with Gasteiger partial charge in [0.15, 0.2) is 0 Å². The number of rotatable bonds is 1. The van der Waals surface area contributed by atoms with Gasteiger partial charge >= 0.3 is 0 Å². The van der Waals surface area contributed by atoms with Crippen LogP contribution in [0.1, 0.15) is 33.1 Å². The highest BCUT2D eigenvalue weighted by Gasteiger charge is 2.39. The van der Waals surface area contributed by atoms with Crippen LogP contribution in [0.5, 0.6) is 0 Å². The third-order valence-corrected chi connectivity index (χ3v) is 3.97. The van der Waals surface area contributed by atoms with E-state index in [9.17, 15) is 0 Å². The van der Waals surface area contributed by atoms with Gasteiger partial charge in [0.25, 0.3) is 0 Å². The minimum Gasteiger partial charge on any atom is -0.305 e. The van der Waals surface area contributed by atoms with E-state index >= 15 is 0 Å². The zero-order valence-electron chi connectivity index (χ0n) is 9.64. The second-order valence-corrected chi connectivity index (χ2v) is 4.97. The maximum atomic E-state index is 2.47. The Kier molecular flexibility index (Phi) is 2.52. The normalized spacial score (nSPS) is 33.4. The lowest BCUT2D eigenvalue weighted by Gasteiger charge is -2.34. The summed E-state index contributed by atoms with van der Waals surface area (Å²) in [7, 11) is 2.24. The average molecular weight is 191 g/mol. The monoisotopic (exact) mass is 191 g/mol. The molecule has 1 aliphatic heterocycles. The van der Waals surface area contributed by atoms with E-state index in [0.29, 0.717) is 5.41 Å². The zero-order chi connectivity index (χ0) is 10.2. The lowest BCUT2D eigenvalue weighted by molar-refractivity contribution is 0.323. The molecular weight excluding hydrogens is 170 g/mol. The molecular formula is C13H21N. The number of allylic oxidation sites excluding steroid dienone is 3. The van der Waals surface area contributed by atoms with Gasteiger partial charge in [-0.05, 0) is 39.8 Å². The predicted octanol–water partition coefficient (Wildman–Crippen LogP) is 2.99. The summed E-state index contributed by atoms with van der Waals surface area (Å²) < 4.78 is 0. The van der Waals surface area contributed by atoms with Gasteiger partial charge in [0, 0.05) is 12.0 Å².